The Balaban J connectivity index is 1.58. The minimum absolute atomic E-state index is 0.154. The van der Waals surface area contributed by atoms with Gasteiger partial charge < -0.3 is 5.32 Å². The quantitative estimate of drug-likeness (QED) is 0.752. The van der Waals surface area contributed by atoms with Gasteiger partial charge in [0.05, 0.1) is 0 Å². The number of anilines is 1. The van der Waals surface area contributed by atoms with Crippen LogP contribution in [-0.2, 0) is 0 Å². The molecule has 0 radical (unpaired) electrons. The van der Waals surface area contributed by atoms with Gasteiger partial charge in [0.2, 0.25) is 0 Å². The van der Waals surface area contributed by atoms with Crippen molar-refractivity contribution in [1.82, 2.24) is 0 Å². The molecule has 0 saturated heterocycles. The molecule has 1 N–H and O–H groups in total. The van der Waals surface area contributed by atoms with Crippen molar-refractivity contribution in [1.29, 1.82) is 0 Å². The number of hydrogen-bond acceptors (Lipinski definition) is 2. The molecule has 110 valence electrons. The van der Waals surface area contributed by atoms with E-state index >= 15 is 0 Å². The lowest BCUT2D eigenvalue weighted by molar-refractivity contribution is 0.373. The van der Waals surface area contributed by atoms with Gasteiger partial charge in [-0.1, -0.05) is 31.2 Å². The number of nitrogens with one attached hydrogen (secondary N) is 1. The largest absolute Gasteiger partial charge is 0.381 e. The number of halogens is 1. The maximum Gasteiger partial charge on any atom is 0.123 e. The Morgan fingerprint density at radius 1 is 1.10 bits per heavy atom. The van der Waals surface area contributed by atoms with Crippen LogP contribution in [-0.4, -0.2) is 11.8 Å². The highest BCUT2D eigenvalue weighted by atomic mass is 32.2. The Kier molecular flexibility index (Phi) is 4.49. The van der Waals surface area contributed by atoms with Crippen molar-refractivity contribution in [3.63, 3.8) is 0 Å². The predicted molar refractivity (Wildman–Crippen MR) is 88.6 cm³/mol. The van der Waals surface area contributed by atoms with Crippen LogP contribution >= 0.6 is 11.8 Å². The van der Waals surface area contributed by atoms with Gasteiger partial charge in [-0.3, -0.25) is 0 Å². The molecule has 21 heavy (non-hydrogen) atoms. The molecule has 0 spiro atoms. The van der Waals surface area contributed by atoms with Gasteiger partial charge in [-0.15, -0.1) is 11.8 Å². The zero-order chi connectivity index (χ0) is 14.7. The molecule has 1 aliphatic carbocycles. The van der Waals surface area contributed by atoms with Gasteiger partial charge in [0, 0.05) is 16.6 Å². The lowest BCUT2D eigenvalue weighted by Crippen LogP contribution is -2.34. The van der Waals surface area contributed by atoms with Crippen molar-refractivity contribution in [2.75, 3.05) is 11.1 Å². The average molecular weight is 301 g/mol. The molecule has 0 heterocycles. The first-order chi connectivity index (χ1) is 10.3. The molecule has 0 unspecified atom stereocenters. The zero-order valence-corrected chi connectivity index (χ0v) is 13.0. The van der Waals surface area contributed by atoms with E-state index in [0.717, 1.165) is 18.6 Å². The summed E-state index contributed by atoms with van der Waals surface area (Å²) in [5, 5.41) is 3.65. The normalized spacial score (nSPS) is 20.9. The molecular formula is C18H20FNS. The first kappa shape index (κ1) is 14.5. The highest BCUT2D eigenvalue weighted by Crippen LogP contribution is 2.39. The summed E-state index contributed by atoms with van der Waals surface area (Å²) in [5.41, 5.74) is 2.50. The molecule has 1 nitrogen and oxygen atoms in total. The summed E-state index contributed by atoms with van der Waals surface area (Å²) in [6.45, 7) is 2.18. The van der Waals surface area contributed by atoms with Crippen LogP contribution in [0.25, 0.3) is 0 Å². The first-order valence-electron chi connectivity index (χ1n) is 7.50. The summed E-state index contributed by atoms with van der Waals surface area (Å²) in [6.07, 6.45) is 2.24. The zero-order valence-electron chi connectivity index (χ0n) is 12.2. The lowest BCUT2D eigenvalue weighted by atomic mass is 9.76. The Hall–Kier alpha value is -1.48. The van der Waals surface area contributed by atoms with E-state index in [9.17, 15) is 4.39 Å². The standard InChI is InChI=1S/C18H20FNS/c1-2-21-18-6-4-3-5-17(18)20-16-11-14(12-16)13-7-9-15(19)10-8-13/h3-10,14,16,20H,2,11-12H2,1H3. The van der Waals surface area contributed by atoms with E-state index in [-0.39, 0.29) is 5.82 Å². The summed E-state index contributed by atoms with van der Waals surface area (Å²) < 4.78 is 12.9. The van der Waals surface area contributed by atoms with Gasteiger partial charge in [0.25, 0.3) is 0 Å². The Bertz CT molecular complexity index is 590. The van der Waals surface area contributed by atoms with E-state index in [2.05, 4.69) is 36.5 Å². The molecule has 0 atom stereocenters. The van der Waals surface area contributed by atoms with Gasteiger partial charge in [0.1, 0.15) is 5.82 Å². The molecule has 1 aliphatic rings. The van der Waals surface area contributed by atoms with Crippen molar-refractivity contribution in [3.05, 3.63) is 59.9 Å². The molecule has 1 fully saturated rings. The van der Waals surface area contributed by atoms with Gasteiger partial charge in [0.15, 0.2) is 0 Å². The second kappa shape index (κ2) is 6.52. The van der Waals surface area contributed by atoms with Crippen LogP contribution in [0.1, 0.15) is 31.2 Å². The van der Waals surface area contributed by atoms with Crippen LogP contribution in [0, 0.1) is 5.82 Å². The van der Waals surface area contributed by atoms with E-state index in [1.807, 2.05) is 23.9 Å². The fraction of sp³-hybridized carbons (Fsp3) is 0.333. The number of benzene rings is 2. The highest BCUT2D eigenvalue weighted by molar-refractivity contribution is 7.99. The number of hydrogen-bond donors (Lipinski definition) is 1. The third kappa shape index (κ3) is 3.41. The fourth-order valence-corrected chi connectivity index (χ4v) is 3.60. The molecule has 0 aliphatic heterocycles. The molecule has 3 rings (SSSR count). The molecule has 0 aromatic heterocycles. The van der Waals surface area contributed by atoms with E-state index in [0.29, 0.717) is 12.0 Å². The van der Waals surface area contributed by atoms with Gasteiger partial charge in [-0.05, 0) is 54.3 Å². The third-order valence-electron chi connectivity index (χ3n) is 4.03. The predicted octanol–water partition coefficient (Wildman–Crippen LogP) is 5.30. The average Bonchev–Trinajstić information content (AvgIpc) is 2.46. The second-order valence-corrected chi connectivity index (χ2v) is 6.80. The molecular weight excluding hydrogens is 281 g/mol. The minimum atomic E-state index is -0.154. The van der Waals surface area contributed by atoms with Crippen molar-refractivity contribution >= 4 is 17.4 Å². The van der Waals surface area contributed by atoms with E-state index < -0.39 is 0 Å². The van der Waals surface area contributed by atoms with Crippen LogP contribution in [0.3, 0.4) is 0 Å². The summed E-state index contributed by atoms with van der Waals surface area (Å²) in [5.74, 6) is 1.49. The summed E-state index contributed by atoms with van der Waals surface area (Å²) in [7, 11) is 0. The molecule has 0 bridgehead atoms. The van der Waals surface area contributed by atoms with E-state index in [1.165, 1.54) is 16.1 Å². The summed E-state index contributed by atoms with van der Waals surface area (Å²) >= 11 is 1.87. The molecule has 2 aromatic rings. The lowest BCUT2D eigenvalue weighted by Gasteiger charge is -2.37. The van der Waals surface area contributed by atoms with Crippen LogP contribution in [0.4, 0.5) is 10.1 Å². The van der Waals surface area contributed by atoms with Crippen LogP contribution in [0.15, 0.2) is 53.4 Å². The van der Waals surface area contributed by atoms with Crippen LogP contribution in [0.2, 0.25) is 0 Å². The van der Waals surface area contributed by atoms with Gasteiger partial charge in [-0.2, -0.15) is 0 Å². The SMILES string of the molecule is CCSc1ccccc1NC1CC(c2ccc(F)cc2)C1. The molecule has 1 saturated carbocycles. The fourth-order valence-electron chi connectivity index (χ4n) is 2.83. The first-order valence-corrected chi connectivity index (χ1v) is 8.48. The Morgan fingerprint density at radius 3 is 2.52 bits per heavy atom. The summed E-state index contributed by atoms with van der Waals surface area (Å²) in [6, 6.07) is 16.0. The maximum absolute atomic E-state index is 12.9. The Labute approximate surface area is 130 Å². The molecule has 2 aromatic carbocycles. The number of rotatable bonds is 5. The third-order valence-corrected chi connectivity index (χ3v) is 4.98. The van der Waals surface area contributed by atoms with Crippen molar-refractivity contribution in [2.45, 2.75) is 36.6 Å². The van der Waals surface area contributed by atoms with E-state index in [1.54, 1.807) is 12.1 Å². The smallest absolute Gasteiger partial charge is 0.123 e. The minimum Gasteiger partial charge on any atom is -0.381 e. The van der Waals surface area contributed by atoms with Crippen molar-refractivity contribution < 1.29 is 4.39 Å². The maximum atomic E-state index is 12.9. The van der Waals surface area contributed by atoms with Crippen molar-refractivity contribution in [3.8, 4) is 0 Å². The Morgan fingerprint density at radius 2 is 1.81 bits per heavy atom. The van der Waals surface area contributed by atoms with Crippen LogP contribution < -0.4 is 5.32 Å². The summed E-state index contributed by atoms with van der Waals surface area (Å²) in [4.78, 5) is 1.32. The number of thioether (sulfide) groups is 1. The van der Waals surface area contributed by atoms with Crippen LogP contribution in [0.5, 0.6) is 0 Å². The molecule has 3 heteroatoms. The number of para-hydroxylation sites is 1. The monoisotopic (exact) mass is 301 g/mol. The molecule has 0 amide bonds. The van der Waals surface area contributed by atoms with E-state index in [4.69, 9.17) is 0 Å². The highest BCUT2D eigenvalue weighted by Gasteiger charge is 2.30. The topological polar surface area (TPSA) is 12.0 Å². The van der Waals surface area contributed by atoms with Crippen molar-refractivity contribution in [2.24, 2.45) is 0 Å². The second-order valence-electron chi connectivity index (χ2n) is 5.49. The van der Waals surface area contributed by atoms with Gasteiger partial charge >= 0.3 is 0 Å². The van der Waals surface area contributed by atoms with Gasteiger partial charge in [-0.25, -0.2) is 4.39 Å².